The quantitative estimate of drug-likeness (QED) is 0.551. The van der Waals surface area contributed by atoms with Crippen LogP contribution in [0.15, 0.2) is 65.5 Å². The highest BCUT2D eigenvalue weighted by molar-refractivity contribution is 6.05. The van der Waals surface area contributed by atoms with Gasteiger partial charge in [-0.3, -0.25) is 14.2 Å². The molecule has 6 nitrogen and oxygen atoms in total. The van der Waals surface area contributed by atoms with Gasteiger partial charge in [-0.05, 0) is 48.5 Å². The van der Waals surface area contributed by atoms with E-state index in [0.29, 0.717) is 16.7 Å². The Bertz CT molecular complexity index is 1280. The summed E-state index contributed by atoms with van der Waals surface area (Å²) in [5.74, 6) is -1.47. The molecule has 0 aliphatic carbocycles. The first kappa shape index (κ1) is 18.4. The van der Waals surface area contributed by atoms with Crippen molar-refractivity contribution in [2.75, 3.05) is 12.4 Å². The van der Waals surface area contributed by atoms with E-state index in [2.05, 4.69) is 10.3 Å². The van der Waals surface area contributed by atoms with Crippen LogP contribution >= 0.6 is 0 Å². The topological polar surface area (TPSA) is 76.1 Å². The number of rotatable bonds is 4. The van der Waals surface area contributed by atoms with E-state index < -0.39 is 17.5 Å². The van der Waals surface area contributed by atoms with Crippen molar-refractivity contribution in [3.63, 3.8) is 0 Å². The Labute approximate surface area is 163 Å². The van der Waals surface area contributed by atoms with Crippen LogP contribution in [0.5, 0.6) is 5.75 Å². The third kappa shape index (κ3) is 3.47. The van der Waals surface area contributed by atoms with E-state index in [4.69, 9.17) is 4.74 Å². The van der Waals surface area contributed by atoms with E-state index in [-0.39, 0.29) is 22.7 Å². The van der Waals surface area contributed by atoms with Crippen LogP contribution in [0.25, 0.3) is 16.7 Å². The standard InChI is InChI=1S/C21H15F2N3O3/c1-29-18-8-5-14(11-16(18)23)24-21(28)17-10-12-2-9-19(27)26(20(12)25-17)15-6-3-13(22)4-7-15/h2-11,25H,1H3,(H,24,28). The van der Waals surface area contributed by atoms with Gasteiger partial charge in [0, 0.05) is 23.2 Å². The predicted octanol–water partition coefficient (Wildman–Crippen LogP) is 3.86. The Morgan fingerprint density at radius 1 is 1.03 bits per heavy atom. The molecule has 2 aromatic carbocycles. The molecule has 0 aliphatic rings. The van der Waals surface area contributed by atoms with Crippen LogP contribution in [0.3, 0.4) is 0 Å². The minimum absolute atomic E-state index is 0.0666. The Morgan fingerprint density at radius 2 is 1.79 bits per heavy atom. The lowest BCUT2D eigenvalue weighted by Crippen LogP contribution is -2.17. The van der Waals surface area contributed by atoms with Crippen LogP contribution in [0.1, 0.15) is 10.5 Å². The number of amides is 1. The molecule has 2 aromatic heterocycles. The summed E-state index contributed by atoms with van der Waals surface area (Å²) < 4.78 is 33.3. The number of carbonyl (C=O) groups is 1. The zero-order valence-electron chi connectivity index (χ0n) is 15.2. The zero-order chi connectivity index (χ0) is 20.5. The molecule has 0 aliphatic heterocycles. The van der Waals surface area contributed by atoms with Gasteiger partial charge < -0.3 is 15.0 Å². The number of hydrogen-bond acceptors (Lipinski definition) is 3. The molecule has 2 N–H and O–H groups in total. The van der Waals surface area contributed by atoms with Gasteiger partial charge in [-0.25, -0.2) is 8.78 Å². The van der Waals surface area contributed by atoms with Gasteiger partial charge in [-0.1, -0.05) is 0 Å². The highest BCUT2D eigenvalue weighted by atomic mass is 19.1. The number of carbonyl (C=O) groups excluding carboxylic acids is 1. The van der Waals surface area contributed by atoms with Crippen LogP contribution in [-0.2, 0) is 0 Å². The molecule has 0 fully saturated rings. The second-order valence-corrected chi connectivity index (χ2v) is 6.27. The number of methoxy groups -OCH3 is 1. The monoisotopic (exact) mass is 395 g/mol. The average molecular weight is 395 g/mol. The molecule has 0 spiro atoms. The highest BCUT2D eigenvalue weighted by Crippen LogP contribution is 2.22. The van der Waals surface area contributed by atoms with Gasteiger partial charge in [0.25, 0.3) is 11.5 Å². The van der Waals surface area contributed by atoms with Gasteiger partial charge in [0.15, 0.2) is 11.6 Å². The number of aromatic nitrogens is 2. The zero-order valence-corrected chi connectivity index (χ0v) is 15.2. The van der Waals surface area contributed by atoms with Gasteiger partial charge in [0.05, 0.1) is 12.8 Å². The molecule has 8 heteroatoms. The van der Waals surface area contributed by atoms with Crippen LogP contribution in [0.4, 0.5) is 14.5 Å². The smallest absolute Gasteiger partial charge is 0.272 e. The molecule has 4 rings (SSSR count). The molecule has 0 unspecified atom stereocenters. The van der Waals surface area contributed by atoms with Gasteiger partial charge in [-0.2, -0.15) is 0 Å². The molecule has 0 saturated heterocycles. The summed E-state index contributed by atoms with van der Waals surface area (Å²) in [7, 11) is 1.35. The van der Waals surface area contributed by atoms with Crippen molar-refractivity contribution >= 4 is 22.6 Å². The Kier molecular flexibility index (Phi) is 4.59. The molecule has 0 atom stereocenters. The number of anilines is 1. The molecule has 4 aromatic rings. The minimum Gasteiger partial charge on any atom is -0.494 e. The summed E-state index contributed by atoms with van der Waals surface area (Å²) in [6.45, 7) is 0. The van der Waals surface area contributed by atoms with Crippen LogP contribution < -0.4 is 15.6 Å². The summed E-state index contributed by atoms with van der Waals surface area (Å²) in [5, 5.41) is 3.20. The third-order valence-corrected chi connectivity index (χ3v) is 4.41. The van der Waals surface area contributed by atoms with E-state index in [1.54, 1.807) is 12.1 Å². The number of H-pyrrole nitrogens is 1. The van der Waals surface area contributed by atoms with E-state index in [9.17, 15) is 18.4 Å². The maximum atomic E-state index is 13.8. The molecule has 29 heavy (non-hydrogen) atoms. The Balaban J connectivity index is 1.71. The number of benzene rings is 2. The van der Waals surface area contributed by atoms with Crippen molar-refractivity contribution < 1.29 is 18.3 Å². The first-order chi connectivity index (χ1) is 14.0. The van der Waals surface area contributed by atoms with Crippen molar-refractivity contribution in [3.8, 4) is 11.4 Å². The molecule has 0 radical (unpaired) electrons. The van der Waals surface area contributed by atoms with E-state index >= 15 is 0 Å². The molecular weight excluding hydrogens is 380 g/mol. The third-order valence-electron chi connectivity index (χ3n) is 4.41. The number of ether oxygens (including phenoxy) is 1. The van der Waals surface area contributed by atoms with Crippen molar-refractivity contribution in [3.05, 3.63) is 88.3 Å². The van der Waals surface area contributed by atoms with Crippen molar-refractivity contribution in [2.45, 2.75) is 0 Å². The van der Waals surface area contributed by atoms with Gasteiger partial charge >= 0.3 is 0 Å². The lowest BCUT2D eigenvalue weighted by Gasteiger charge is -2.07. The highest BCUT2D eigenvalue weighted by Gasteiger charge is 2.15. The summed E-state index contributed by atoms with van der Waals surface area (Å²) in [5.41, 5.74) is 0.930. The normalized spacial score (nSPS) is 10.9. The van der Waals surface area contributed by atoms with Crippen LogP contribution in [0, 0.1) is 11.6 Å². The van der Waals surface area contributed by atoms with Gasteiger partial charge in [0.2, 0.25) is 0 Å². The SMILES string of the molecule is COc1ccc(NC(=O)c2cc3ccc(=O)n(-c4ccc(F)cc4)c3[nH]2)cc1F. The molecule has 0 saturated carbocycles. The number of fused-ring (bicyclic) bond motifs is 1. The predicted molar refractivity (Wildman–Crippen MR) is 105 cm³/mol. The lowest BCUT2D eigenvalue weighted by molar-refractivity contribution is 0.102. The minimum atomic E-state index is -0.605. The molecule has 2 heterocycles. The van der Waals surface area contributed by atoms with Crippen LogP contribution in [0.2, 0.25) is 0 Å². The van der Waals surface area contributed by atoms with Crippen molar-refractivity contribution in [2.24, 2.45) is 0 Å². The second kappa shape index (κ2) is 7.23. The largest absolute Gasteiger partial charge is 0.494 e. The van der Waals surface area contributed by atoms with E-state index in [1.165, 1.54) is 54.1 Å². The maximum absolute atomic E-state index is 13.8. The Morgan fingerprint density at radius 3 is 2.48 bits per heavy atom. The summed E-state index contributed by atoms with van der Waals surface area (Å²) in [6, 6.07) is 14.0. The first-order valence-electron chi connectivity index (χ1n) is 8.62. The number of nitrogens with zero attached hydrogens (tertiary/aromatic N) is 1. The fourth-order valence-electron chi connectivity index (χ4n) is 3.03. The number of pyridine rings is 1. The maximum Gasteiger partial charge on any atom is 0.272 e. The van der Waals surface area contributed by atoms with E-state index in [1.807, 2.05) is 0 Å². The lowest BCUT2D eigenvalue weighted by atomic mass is 10.2. The average Bonchev–Trinajstić information content (AvgIpc) is 3.13. The summed E-state index contributed by atoms with van der Waals surface area (Å²) in [6.07, 6.45) is 0. The van der Waals surface area contributed by atoms with Crippen molar-refractivity contribution in [1.29, 1.82) is 0 Å². The fourth-order valence-corrected chi connectivity index (χ4v) is 3.03. The van der Waals surface area contributed by atoms with Gasteiger partial charge in [0.1, 0.15) is 17.2 Å². The molecular formula is C21H15F2N3O3. The Hall–Kier alpha value is -3.94. The number of halogens is 2. The molecule has 1 amide bonds. The summed E-state index contributed by atoms with van der Waals surface area (Å²) >= 11 is 0. The molecule has 146 valence electrons. The number of nitrogens with one attached hydrogen (secondary N) is 2. The number of hydrogen-bond donors (Lipinski definition) is 2. The first-order valence-corrected chi connectivity index (χ1v) is 8.62. The fraction of sp³-hybridized carbons (Fsp3) is 0.0476. The second-order valence-electron chi connectivity index (χ2n) is 6.27. The molecule has 0 bridgehead atoms. The van der Waals surface area contributed by atoms with Gasteiger partial charge in [-0.15, -0.1) is 0 Å². The number of aromatic amines is 1. The summed E-state index contributed by atoms with van der Waals surface area (Å²) in [4.78, 5) is 27.9. The van der Waals surface area contributed by atoms with Crippen molar-refractivity contribution in [1.82, 2.24) is 9.55 Å². The van der Waals surface area contributed by atoms with Crippen LogP contribution in [-0.4, -0.2) is 22.6 Å². The van der Waals surface area contributed by atoms with E-state index in [0.717, 1.165) is 6.07 Å².